The molecule has 0 amide bonds. The van der Waals surface area contributed by atoms with Gasteiger partial charge in [0.15, 0.2) is 0 Å². The standard InChI is InChI=1S/C10H12N2O/c1-10(2,11-3)12-8-4-6-9(13)7-5-8/h4-7,12-13H,1-2H3. The first kappa shape index (κ1) is 9.40. The zero-order valence-corrected chi connectivity index (χ0v) is 7.70. The minimum Gasteiger partial charge on any atom is -0.508 e. The van der Waals surface area contributed by atoms with Crippen LogP contribution in [0.5, 0.6) is 5.75 Å². The van der Waals surface area contributed by atoms with Crippen molar-refractivity contribution in [3.63, 3.8) is 0 Å². The molecule has 0 fully saturated rings. The number of phenolic OH excluding ortho intramolecular Hbond substituents is 1. The second kappa shape index (κ2) is 3.36. The number of nitrogens with zero attached hydrogens (tertiary/aromatic N) is 1. The quantitative estimate of drug-likeness (QED) is 0.536. The van der Waals surface area contributed by atoms with Crippen molar-refractivity contribution in [3.8, 4) is 5.75 Å². The Kier molecular flexibility index (Phi) is 2.43. The van der Waals surface area contributed by atoms with Gasteiger partial charge in [-0.15, -0.1) is 0 Å². The average Bonchev–Trinajstić information content (AvgIpc) is 2.09. The van der Waals surface area contributed by atoms with Gasteiger partial charge in [-0.2, -0.15) is 0 Å². The molecule has 0 aliphatic carbocycles. The summed E-state index contributed by atoms with van der Waals surface area (Å²) in [5.74, 6) is 0.228. The summed E-state index contributed by atoms with van der Waals surface area (Å²) in [7, 11) is 0. The van der Waals surface area contributed by atoms with E-state index in [1.165, 1.54) is 0 Å². The van der Waals surface area contributed by atoms with Crippen LogP contribution >= 0.6 is 0 Å². The summed E-state index contributed by atoms with van der Waals surface area (Å²) < 4.78 is 0. The molecule has 68 valence electrons. The van der Waals surface area contributed by atoms with Gasteiger partial charge in [0.05, 0.1) is 0 Å². The molecule has 0 saturated heterocycles. The molecule has 0 aliphatic rings. The minimum absolute atomic E-state index is 0.228. The Bertz CT molecular complexity index is 322. The lowest BCUT2D eigenvalue weighted by molar-refractivity contribution is 0.475. The highest BCUT2D eigenvalue weighted by Crippen LogP contribution is 2.18. The first-order valence-electron chi connectivity index (χ1n) is 3.99. The molecule has 0 aliphatic heterocycles. The Morgan fingerprint density at radius 3 is 2.31 bits per heavy atom. The van der Waals surface area contributed by atoms with Gasteiger partial charge < -0.3 is 10.4 Å². The van der Waals surface area contributed by atoms with E-state index in [0.717, 1.165) is 5.69 Å². The molecule has 0 unspecified atom stereocenters. The maximum atomic E-state index is 9.02. The van der Waals surface area contributed by atoms with Gasteiger partial charge in [0.2, 0.25) is 0 Å². The highest BCUT2D eigenvalue weighted by atomic mass is 16.3. The van der Waals surface area contributed by atoms with Crippen molar-refractivity contribution in [2.45, 2.75) is 19.5 Å². The van der Waals surface area contributed by atoms with E-state index >= 15 is 0 Å². The van der Waals surface area contributed by atoms with Crippen LogP contribution in [0, 0.1) is 6.57 Å². The monoisotopic (exact) mass is 176 g/mol. The van der Waals surface area contributed by atoms with Crippen molar-refractivity contribution < 1.29 is 5.11 Å². The van der Waals surface area contributed by atoms with Crippen LogP contribution < -0.4 is 5.32 Å². The third-order valence-electron chi connectivity index (χ3n) is 1.60. The molecule has 0 aromatic heterocycles. The Morgan fingerprint density at radius 1 is 1.31 bits per heavy atom. The summed E-state index contributed by atoms with van der Waals surface area (Å²) >= 11 is 0. The second-order valence-corrected chi connectivity index (χ2v) is 3.34. The van der Waals surface area contributed by atoms with Gasteiger partial charge in [-0.1, -0.05) is 0 Å². The number of phenols is 1. The lowest BCUT2D eigenvalue weighted by Crippen LogP contribution is -2.25. The minimum atomic E-state index is -0.600. The molecule has 0 heterocycles. The molecule has 3 nitrogen and oxygen atoms in total. The highest BCUT2D eigenvalue weighted by molar-refractivity contribution is 5.48. The predicted molar refractivity (Wildman–Crippen MR) is 52.4 cm³/mol. The first-order chi connectivity index (χ1) is 6.03. The molecule has 1 rings (SSSR count). The zero-order chi connectivity index (χ0) is 9.90. The van der Waals surface area contributed by atoms with E-state index < -0.39 is 5.66 Å². The van der Waals surface area contributed by atoms with E-state index in [9.17, 15) is 0 Å². The van der Waals surface area contributed by atoms with Gasteiger partial charge in [0.25, 0.3) is 5.66 Å². The molecular formula is C10H12N2O. The van der Waals surface area contributed by atoms with Gasteiger partial charge in [-0.05, 0) is 24.3 Å². The summed E-state index contributed by atoms with van der Waals surface area (Å²) in [5, 5.41) is 12.1. The van der Waals surface area contributed by atoms with Crippen molar-refractivity contribution in [3.05, 3.63) is 35.7 Å². The summed E-state index contributed by atoms with van der Waals surface area (Å²) in [6, 6.07) is 6.65. The van der Waals surface area contributed by atoms with E-state index in [1.807, 2.05) is 0 Å². The van der Waals surface area contributed by atoms with Crippen molar-refractivity contribution in [2.24, 2.45) is 0 Å². The molecule has 2 N–H and O–H groups in total. The van der Waals surface area contributed by atoms with Crippen molar-refractivity contribution >= 4 is 5.69 Å². The van der Waals surface area contributed by atoms with Crippen LogP contribution in [0.25, 0.3) is 4.85 Å². The summed E-state index contributed by atoms with van der Waals surface area (Å²) in [5.41, 5.74) is 0.232. The lowest BCUT2D eigenvalue weighted by Gasteiger charge is -2.14. The fourth-order valence-corrected chi connectivity index (χ4v) is 0.926. The molecule has 0 saturated carbocycles. The smallest absolute Gasteiger partial charge is 0.299 e. The van der Waals surface area contributed by atoms with E-state index in [2.05, 4.69) is 10.2 Å². The largest absolute Gasteiger partial charge is 0.508 e. The number of anilines is 1. The number of hydrogen-bond acceptors (Lipinski definition) is 2. The van der Waals surface area contributed by atoms with Crippen LogP contribution in [-0.4, -0.2) is 10.8 Å². The van der Waals surface area contributed by atoms with Crippen LogP contribution in [-0.2, 0) is 0 Å². The van der Waals surface area contributed by atoms with Crippen LogP contribution in [0.15, 0.2) is 24.3 Å². The number of rotatable bonds is 2. The van der Waals surface area contributed by atoms with Crippen LogP contribution in [0.2, 0.25) is 0 Å². The summed E-state index contributed by atoms with van der Waals surface area (Å²) in [6.07, 6.45) is 0. The van der Waals surface area contributed by atoms with Gasteiger partial charge in [-0.3, -0.25) is 4.85 Å². The molecule has 0 radical (unpaired) electrons. The van der Waals surface area contributed by atoms with Gasteiger partial charge in [-0.25, -0.2) is 6.57 Å². The Morgan fingerprint density at radius 2 is 1.85 bits per heavy atom. The van der Waals surface area contributed by atoms with Crippen molar-refractivity contribution in [1.82, 2.24) is 0 Å². The number of benzene rings is 1. The lowest BCUT2D eigenvalue weighted by atomic mass is 10.2. The second-order valence-electron chi connectivity index (χ2n) is 3.34. The predicted octanol–water partition coefficient (Wildman–Crippen LogP) is 2.46. The van der Waals surface area contributed by atoms with Gasteiger partial charge >= 0.3 is 0 Å². The SMILES string of the molecule is [C-]#[N+]C(C)(C)Nc1ccc(O)cc1. The Hall–Kier alpha value is -1.69. The highest BCUT2D eigenvalue weighted by Gasteiger charge is 2.21. The molecule has 3 heteroatoms. The van der Waals surface area contributed by atoms with Crippen LogP contribution in [0.4, 0.5) is 5.69 Å². The van der Waals surface area contributed by atoms with Crippen molar-refractivity contribution in [2.75, 3.05) is 5.32 Å². The summed E-state index contributed by atoms with van der Waals surface area (Å²) in [4.78, 5) is 3.41. The van der Waals surface area contributed by atoms with Crippen molar-refractivity contribution in [1.29, 1.82) is 0 Å². The number of nitrogens with one attached hydrogen (secondary N) is 1. The molecule has 1 aromatic rings. The molecule has 0 atom stereocenters. The normalized spacial score (nSPS) is 10.5. The van der Waals surface area contributed by atoms with E-state index in [-0.39, 0.29) is 5.75 Å². The van der Waals surface area contributed by atoms with Crippen LogP contribution in [0.1, 0.15) is 13.8 Å². The topological polar surface area (TPSA) is 36.6 Å². The number of aromatic hydroxyl groups is 1. The maximum absolute atomic E-state index is 9.02. The van der Waals surface area contributed by atoms with Gasteiger partial charge in [0, 0.05) is 19.5 Å². The Balaban J connectivity index is 2.77. The molecule has 1 aromatic carbocycles. The van der Waals surface area contributed by atoms with E-state index in [4.69, 9.17) is 11.7 Å². The molecule has 0 spiro atoms. The maximum Gasteiger partial charge on any atom is 0.299 e. The first-order valence-corrected chi connectivity index (χ1v) is 3.99. The zero-order valence-electron chi connectivity index (χ0n) is 7.70. The molecular weight excluding hydrogens is 164 g/mol. The van der Waals surface area contributed by atoms with Gasteiger partial charge in [0.1, 0.15) is 5.75 Å². The third kappa shape index (κ3) is 2.68. The fraction of sp³-hybridized carbons (Fsp3) is 0.300. The van der Waals surface area contributed by atoms with E-state index in [0.29, 0.717) is 0 Å². The summed E-state index contributed by atoms with van der Waals surface area (Å²) in [6.45, 7) is 10.5. The molecule has 13 heavy (non-hydrogen) atoms. The number of hydrogen-bond donors (Lipinski definition) is 2. The fourth-order valence-electron chi connectivity index (χ4n) is 0.926. The Labute approximate surface area is 77.8 Å². The van der Waals surface area contributed by atoms with E-state index in [1.54, 1.807) is 38.1 Å². The third-order valence-corrected chi connectivity index (χ3v) is 1.60. The molecule has 0 bridgehead atoms. The average molecular weight is 176 g/mol. The van der Waals surface area contributed by atoms with Crippen LogP contribution in [0.3, 0.4) is 0 Å².